The summed E-state index contributed by atoms with van der Waals surface area (Å²) in [5, 5.41) is 17.9. The van der Waals surface area contributed by atoms with Crippen LogP contribution in [-0.2, 0) is 0 Å². The first-order chi connectivity index (χ1) is 9.02. The van der Waals surface area contributed by atoms with E-state index in [1.807, 2.05) is 32.9 Å². The summed E-state index contributed by atoms with van der Waals surface area (Å²) in [7, 11) is 0. The second kappa shape index (κ2) is 5.21. The van der Waals surface area contributed by atoms with Gasteiger partial charge in [-0.25, -0.2) is 0 Å². The average Bonchev–Trinajstić information content (AvgIpc) is 2.65. The third-order valence-corrected chi connectivity index (χ3v) is 3.97. The van der Waals surface area contributed by atoms with E-state index < -0.39 is 0 Å². The molecule has 0 radical (unpaired) electrons. The number of hydrogen-bond acceptors (Lipinski definition) is 5. The molecule has 0 spiro atoms. The van der Waals surface area contributed by atoms with Gasteiger partial charge in [0.05, 0.1) is 11.4 Å². The Hall–Kier alpha value is -2.19. The molecule has 0 unspecified atom stereocenters. The summed E-state index contributed by atoms with van der Waals surface area (Å²) in [4.78, 5) is 0.590. The number of rotatable bonds is 2. The SMILES string of the molecule is Cc1ccc(N=Nc2sc(C#N)c(C)c2N)c(C)c1. The summed E-state index contributed by atoms with van der Waals surface area (Å²) in [5.41, 5.74) is 10.3. The number of aryl methyl sites for hydroxylation is 2. The molecule has 0 atom stereocenters. The lowest BCUT2D eigenvalue weighted by Gasteiger charge is -1.99. The van der Waals surface area contributed by atoms with Gasteiger partial charge in [0.15, 0.2) is 5.00 Å². The maximum absolute atomic E-state index is 8.95. The second-order valence-electron chi connectivity index (χ2n) is 4.38. The van der Waals surface area contributed by atoms with Crippen molar-refractivity contribution in [2.75, 3.05) is 5.73 Å². The van der Waals surface area contributed by atoms with Gasteiger partial charge >= 0.3 is 0 Å². The van der Waals surface area contributed by atoms with Crippen LogP contribution in [0.3, 0.4) is 0 Å². The van der Waals surface area contributed by atoms with Gasteiger partial charge in [0.2, 0.25) is 0 Å². The van der Waals surface area contributed by atoms with Gasteiger partial charge in [-0.1, -0.05) is 17.7 Å². The molecule has 1 aromatic heterocycles. The Balaban J connectivity index is 2.36. The molecule has 2 N–H and O–H groups in total. The number of azo groups is 1. The highest BCUT2D eigenvalue weighted by atomic mass is 32.1. The van der Waals surface area contributed by atoms with E-state index in [2.05, 4.69) is 22.4 Å². The van der Waals surface area contributed by atoms with E-state index in [1.54, 1.807) is 0 Å². The molecule has 0 fully saturated rings. The van der Waals surface area contributed by atoms with Crippen LogP contribution in [0, 0.1) is 32.1 Å². The van der Waals surface area contributed by atoms with Crippen molar-refractivity contribution in [1.82, 2.24) is 0 Å². The predicted octanol–water partition coefficient (Wildman–Crippen LogP) is 4.54. The Morgan fingerprint density at radius 3 is 2.53 bits per heavy atom. The topological polar surface area (TPSA) is 74.5 Å². The summed E-state index contributed by atoms with van der Waals surface area (Å²) in [6.07, 6.45) is 0. The summed E-state index contributed by atoms with van der Waals surface area (Å²) in [6.45, 7) is 5.85. The lowest BCUT2D eigenvalue weighted by molar-refractivity contribution is 1.22. The summed E-state index contributed by atoms with van der Waals surface area (Å²) in [6, 6.07) is 8.08. The fraction of sp³-hybridized carbons (Fsp3) is 0.214. The molecule has 2 rings (SSSR count). The minimum atomic E-state index is 0.537. The maximum Gasteiger partial charge on any atom is 0.163 e. The quantitative estimate of drug-likeness (QED) is 0.813. The van der Waals surface area contributed by atoms with Crippen LogP contribution < -0.4 is 5.73 Å². The highest BCUT2D eigenvalue weighted by molar-refractivity contribution is 7.17. The first-order valence-electron chi connectivity index (χ1n) is 5.81. The number of nitrogens with zero attached hydrogens (tertiary/aromatic N) is 3. The number of nitriles is 1. The third kappa shape index (κ3) is 2.64. The summed E-state index contributed by atoms with van der Waals surface area (Å²) >= 11 is 1.27. The van der Waals surface area contributed by atoms with E-state index in [9.17, 15) is 0 Å². The van der Waals surface area contributed by atoms with E-state index in [0.717, 1.165) is 16.8 Å². The van der Waals surface area contributed by atoms with Crippen molar-refractivity contribution in [3.8, 4) is 6.07 Å². The lowest BCUT2D eigenvalue weighted by atomic mass is 10.1. The fourth-order valence-electron chi connectivity index (χ4n) is 1.71. The first kappa shape index (κ1) is 13.2. The summed E-state index contributed by atoms with van der Waals surface area (Å²) in [5.74, 6) is 0. The zero-order chi connectivity index (χ0) is 14.0. The molecule has 0 aliphatic rings. The highest BCUT2D eigenvalue weighted by Gasteiger charge is 2.11. The molecule has 0 amide bonds. The predicted molar refractivity (Wildman–Crippen MR) is 78.3 cm³/mol. The number of nitrogen functional groups attached to an aromatic ring is 1. The van der Waals surface area contributed by atoms with Crippen LogP contribution in [0.5, 0.6) is 0 Å². The Labute approximate surface area is 116 Å². The number of nitrogens with two attached hydrogens (primary N) is 1. The third-order valence-electron chi connectivity index (χ3n) is 2.88. The summed E-state index contributed by atoms with van der Waals surface area (Å²) < 4.78 is 0. The van der Waals surface area contributed by atoms with Gasteiger partial charge in [-0.2, -0.15) is 5.26 Å². The minimum absolute atomic E-state index is 0.537. The molecule has 5 heteroatoms. The largest absolute Gasteiger partial charge is 0.396 e. The van der Waals surface area contributed by atoms with Crippen molar-refractivity contribution in [3.63, 3.8) is 0 Å². The average molecular weight is 270 g/mol. The molecular weight excluding hydrogens is 256 g/mol. The Bertz CT molecular complexity index is 692. The molecule has 1 aromatic carbocycles. The van der Waals surface area contributed by atoms with E-state index in [1.165, 1.54) is 16.9 Å². The number of anilines is 1. The van der Waals surface area contributed by atoms with Gasteiger partial charge in [0.25, 0.3) is 0 Å². The van der Waals surface area contributed by atoms with Crippen molar-refractivity contribution in [2.24, 2.45) is 10.2 Å². The van der Waals surface area contributed by atoms with Crippen LogP contribution in [0.25, 0.3) is 0 Å². The Kier molecular flexibility index (Phi) is 3.63. The molecule has 4 nitrogen and oxygen atoms in total. The molecule has 0 bridgehead atoms. The number of benzene rings is 1. The number of thiophene rings is 1. The fourth-order valence-corrected chi connectivity index (χ4v) is 2.56. The zero-order valence-electron chi connectivity index (χ0n) is 11.1. The first-order valence-corrected chi connectivity index (χ1v) is 6.62. The second-order valence-corrected chi connectivity index (χ2v) is 5.38. The van der Waals surface area contributed by atoms with Gasteiger partial charge in [0, 0.05) is 5.56 Å². The molecule has 1 heterocycles. The maximum atomic E-state index is 8.95. The van der Waals surface area contributed by atoms with E-state index in [0.29, 0.717) is 15.6 Å². The van der Waals surface area contributed by atoms with E-state index >= 15 is 0 Å². The molecule has 2 aromatic rings. The number of hydrogen-bond donors (Lipinski definition) is 1. The van der Waals surface area contributed by atoms with Crippen molar-refractivity contribution in [3.05, 3.63) is 39.8 Å². The van der Waals surface area contributed by atoms with Crippen LogP contribution in [0.15, 0.2) is 28.4 Å². The zero-order valence-corrected chi connectivity index (χ0v) is 11.9. The highest BCUT2D eigenvalue weighted by Crippen LogP contribution is 2.38. The van der Waals surface area contributed by atoms with Gasteiger partial charge in [-0.05, 0) is 32.4 Å². The monoisotopic (exact) mass is 270 g/mol. The van der Waals surface area contributed by atoms with Crippen molar-refractivity contribution >= 4 is 27.7 Å². The molecule has 0 saturated carbocycles. The smallest absolute Gasteiger partial charge is 0.163 e. The molecule has 0 aliphatic carbocycles. The minimum Gasteiger partial charge on any atom is -0.396 e. The normalized spacial score (nSPS) is 10.8. The van der Waals surface area contributed by atoms with Gasteiger partial charge < -0.3 is 5.73 Å². The van der Waals surface area contributed by atoms with E-state index in [4.69, 9.17) is 11.0 Å². The molecule has 0 aliphatic heterocycles. The van der Waals surface area contributed by atoms with Gasteiger partial charge in [-0.15, -0.1) is 21.6 Å². The molecular formula is C14H14N4S. The van der Waals surface area contributed by atoms with Crippen molar-refractivity contribution < 1.29 is 0 Å². The van der Waals surface area contributed by atoms with Crippen molar-refractivity contribution in [1.29, 1.82) is 5.26 Å². The van der Waals surface area contributed by atoms with Crippen LogP contribution in [0.1, 0.15) is 21.6 Å². The molecule has 0 saturated heterocycles. The standard InChI is InChI=1S/C14H14N4S/c1-8-4-5-11(9(2)6-8)17-18-14-13(16)10(3)12(7-15)19-14/h4-6H,16H2,1-3H3. The van der Waals surface area contributed by atoms with Crippen LogP contribution in [0.4, 0.5) is 16.4 Å². The Morgan fingerprint density at radius 2 is 1.95 bits per heavy atom. The van der Waals surface area contributed by atoms with Crippen molar-refractivity contribution in [2.45, 2.75) is 20.8 Å². The lowest BCUT2D eigenvalue weighted by Crippen LogP contribution is -1.84. The van der Waals surface area contributed by atoms with Crippen LogP contribution >= 0.6 is 11.3 Å². The van der Waals surface area contributed by atoms with Gasteiger partial charge in [-0.3, -0.25) is 0 Å². The molecule has 96 valence electrons. The van der Waals surface area contributed by atoms with Crippen LogP contribution in [0.2, 0.25) is 0 Å². The van der Waals surface area contributed by atoms with E-state index in [-0.39, 0.29) is 0 Å². The molecule has 19 heavy (non-hydrogen) atoms. The Morgan fingerprint density at radius 1 is 1.21 bits per heavy atom. The van der Waals surface area contributed by atoms with Crippen LogP contribution in [-0.4, -0.2) is 0 Å². The van der Waals surface area contributed by atoms with Gasteiger partial charge in [0.1, 0.15) is 10.9 Å².